The van der Waals surface area contributed by atoms with E-state index in [1.54, 1.807) is 32.9 Å². The molecule has 1 saturated heterocycles. The first kappa shape index (κ1) is 18.6. The second kappa shape index (κ2) is 7.01. The van der Waals surface area contributed by atoms with Gasteiger partial charge in [0.2, 0.25) is 0 Å². The van der Waals surface area contributed by atoms with Gasteiger partial charge in [0.1, 0.15) is 5.60 Å². The highest BCUT2D eigenvalue weighted by Crippen LogP contribution is 2.35. The molecule has 1 aliphatic rings. The number of likely N-dealkylation sites (tertiary alicyclic amines) is 1. The number of carbonyl (C=O) groups excluding carboxylic acids is 1. The zero-order valence-corrected chi connectivity index (χ0v) is 15.1. The topological polar surface area (TPSA) is 66.8 Å². The Kier molecular flexibility index (Phi) is 5.43. The summed E-state index contributed by atoms with van der Waals surface area (Å²) < 4.78 is 5.39. The first-order valence-corrected chi connectivity index (χ1v) is 8.45. The van der Waals surface area contributed by atoms with Crippen molar-refractivity contribution in [2.45, 2.75) is 45.6 Å². The highest BCUT2D eigenvalue weighted by atomic mass is 35.5. The molecule has 24 heavy (non-hydrogen) atoms. The van der Waals surface area contributed by atoms with Crippen molar-refractivity contribution in [1.82, 2.24) is 4.90 Å². The van der Waals surface area contributed by atoms with Crippen LogP contribution in [0.2, 0.25) is 5.02 Å². The van der Waals surface area contributed by atoms with Crippen molar-refractivity contribution in [3.63, 3.8) is 0 Å². The molecule has 1 heterocycles. The molecule has 6 heteroatoms. The van der Waals surface area contributed by atoms with Crippen molar-refractivity contribution >= 4 is 23.7 Å². The minimum Gasteiger partial charge on any atom is -0.481 e. The Morgan fingerprint density at radius 2 is 1.92 bits per heavy atom. The number of carboxylic acids is 1. The fourth-order valence-electron chi connectivity index (χ4n) is 3.00. The maximum absolute atomic E-state index is 12.3. The molecule has 1 fully saturated rings. The van der Waals surface area contributed by atoms with Crippen molar-refractivity contribution < 1.29 is 19.4 Å². The van der Waals surface area contributed by atoms with E-state index in [1.165, 1.54) is 4.90 Å². The number of halogens is 1. The van der Waals surface area contributed by atoms with Gasteiger partial charge in [0.05, 0.1) is 5.41 Å². The van der Waals surface area contributed by atoms with E-state index in [9.17, 15) is 14.7 Å². The second-order valence-corrected chi connectivity index (χ2v) is 7.83. The van der Waals surface area contributed by atoms with E-state index >= 15 is 0 Å². The van der Waals surface area contributed by atoms with E-state index in [0.29, 0.717) is 30.8 Å². The van der Waals surface area contributed by atoms with Gasteiger partial charge < -0.3 is 14.7 Å². The van der Waals surface area contributed by atoms with Crippen LogP contribution >= 0.6 is 11.6 Å². The summed E-state index contributed by atoms with van der Waals surface area (Å²) in [6.07, 6.45) is 1.08. The SMILES string of the molecule is CC(C)(C)OC(=O)N1CCCC(Cc2ccc(Cl)cc2)(C(=O)O)C1. The molecule has 1 aliphatic heterocycles. The molecule has 5 nitrogen and oxygen atoms in total. The number of aliphatic carboxylic acids is 1. The number of nitrogens with zero attached hydrogens (tertiary/aromatic N) is 1. The number of hydrogen-bond donors (Lipinski definition) is 1. The standard InChI is InChI=1S/C18H24ClNO4/c1-17(2,3)24-16(23)20-10-4-9-18(12-20,15(21)22)11-13-5-7-14(19)8-6-13/h5-8H,4,9-12H2,1-3H3,(H,21,22). The number of ether oxygens (including phenoxy) is 1. The summed E-state index contributed by atoms with van der Waals surface area (Å²) in [5.74, 6) is -0.884. The Morgan fingerprint density at radius 3 is 2.46 bits per heavy atom. The Bertz CT molecular complexity index is 608. The number of carbonyl (C=O) groups is 2. The van der Waals surface area contributed by atoms with Gasteiger partial charge >= 0.3 is 12.1 Å². The van der Waals surface area contributed by atoms with Gasteiger partial charge in [-0.15, -0.1) is 0 Å². The minimum atomic E-state index is -0.997. The molecular weight excluding hydrogens is 330 g/mol. The van der Waals surface area contributed by atoms with E-state index in [2.05, 4.69) is 0 Å². The number of hydrogen-bond acceptors (Lipinski definition) is 3. The molecule has 0 spiro atoms. The molecule has 132 valence electrons. The number of amides is 1. The maximum Gasteiger partial charge on any atom is 0.410 e. The molecule has 0 aromatic heterocycles. The molecule has 1 aromatic rings. The summed E-state index contributed by atoms with van der Waals surface area (Å²) in [5, 5.41) is 10.4. The van der Waals surface area contributed by atoms with E-state index in [-0.39, 0.29) is 6.54 Å². The van der Waals surface area contributed by atoms with Gasteiger partial charge in [-0.2, -0.15) is 0 Å². The third kappa shape index (κ3) is 4.63. The third-order valence-electron chi connectivity index (χ3n) is 4.14. The van der Waals surface area contributed by atoms with Crippen molar-refractivity contribution in [3.8, 4) is 0 Å². The first-order valence-electron chi connectivity index (χ1n) is 8.07. The van der Waals surface area contributed by atoms with Crippen LogP contribution in [-0.4, -0.2) is 40.8 Å². The van der Waals surface area contributed by atoms with Crippen molar-refractivity contribution in [2.24, 2.45) is 5.41 Å². The molecule has 1 amide bonds. The predicted molar refractivity (Wildman–Crippen MR) is 92.3 cm³/mol. The molecule has 1 unspecified atom stereocenters. The lowest BCUT2D eigenvalue weighted by Crippen LogP contribution is -2.52. The number of benzene rings is 1. The molecule has 1 aromatic carbocycles. The monoisotopic (exact) mass is 353 g/mol. The Hall–Kier alpha value is -1.75. The summed E-state index contributed by atoms with van der Waals surface area (Å²) in [7, 11) is 0. The van der Waals surface area contributed by atoms with Crippen molar-refractivity contribution in [3.05, 3.63) is 34.9 Å². The van der Waals surface area contributed by atoms with E-state index in [4.69, 9.17) is 16.3 Å². The number of rotatable bonds is 3. The van der Waals surface area contributed by atoms with Crippen molar-refractivity contribution in [1.29, 1.82) is 0 Å². The van der Waals surface area contributed by atoms with Gasteiger partial charge in [0, 0.05) is 18.1 Å². The first-order chi connectivity index (χ1) is 11.1. The number of piperidine rings is 1. The summed E-state index contributed by atoms with van der Waals surface area (Å²) in [6.45, 7) is 6.07. The van der Waals surface area contributed by atoms with Gasteiger partial charge in [-0.1, -0.05) is 23.7 Å². The van der Waals surface area contributed by atoms with Gasteiger partial charge in [0.15, 0.2) is 0 Å². The second-order valence-electron chi connectivity index (χ2n) is 7.39. The Morgan fingerprint density at radius 1 is 1.29 bits per heavy atom. The van der Waals surface area contributed by atoms with Crippen LogP contribution in [0.4, 0.5) is 4.79 Å². The highest BCUT2D eigenvalue weighted by Gasteiger charge is 2.44. The summed E-state index contributed by atoms with van der Waals surface area (Å²) in [5.41, 5.74) is -0.701. The Labute approximate surface area is 147 Å². The average Bonchev–Trinajstić information content (AvgIpc) is 2.48. The quantitative estimate of drug-likeness (QED) is 0.892. The number of carboxylic acid groups (broad SMARTS) is 1. The third-order valence-corrected chi connectivity index (χ3v) is 4.39. The molecule has 0 saturated carbocycles. The van der Waals surface area contributed by atoms with Gasteiger partial charge in [-0.3, -0.25) is 4.79 Å². The fourth-order valence-corrected chi connectivity index (χ4v) is 3.13. The van der Waals surface area contributed by atoms with Crippen LogP contribution in [0.25, 0.3) is 0 Å². The molecule has 0 aliphatic carbocycles. The van der Waals surface area contributed by atoms with Crippen LogP contribution in [0.3, 0.4) is 0 Å². The summed E-state index contributed by atoms with van der Waals surface area (Å²) in [4.78, 5) is 25.8. The zero-order chi connectivity index (χ0) is 18.0. The molecule has 1 N–H and O–H groups in total. The predicted octanol–water partition coefficient (Wildman–Crippen LogP) is 3.98. The molecule has 0 radical (unpaired) electrons. The molecule has 1 atom stereocenters. The lowest BCUT2D eigenvalue weighted by atomic mass is 9.75. The van der Waals surface area contributed by atoms with Gasteiger partial charge in [-0.05, 0) is 57.7 Å². The normalized spacial score (nSPS) is 21.4. The molecule has 2 rings (SSSR count). The molecular formula is C18H24ClNO4. The van der Waals surface area contributed by atoms with E-state index in [1.807, 2.05) is 12.1 Å². The van der Waals surface area contributed by atoms with Gasteiger partial charge in [0.25, 0.3) is 0 Å². The van der Waals surface area contributed by atoms with Crippen molar-refractivity contribution in [2.75, 3.05) is 13.1 Å². The zero-order valence-electron chi connectivity index (χ0n) is 14.3. The summed E-state index contributed by atoms with van der Waals surface area (Å²) >= 11 is 5.89. The summed E-state index contributed by atoms with van der Waals surface area (Å²) in [6, 6.07) is 7.17. The fraction of sp³-hybridized carbons (Fsp3) is 0.556. The lowest BCUT2D eigenvalue weighted by molar-refractivity contribution is -0.152. The average molecular weight is 354 g/mol. The van der Waals surface area contributed by atoms with Crippen LogP contribution in [0.5, 0.6) is 0 Å². The molecule has 0 bridgehead atoms. The highest BCUT2D eigenvalue weighted by molar-refractivity contribution is 6.30. The van der Waals surface area contributed by atoms with Crippen LogP contribution in [-0.2, 0) is 16.0 Å². The van der Waals surface area contributed by atoms with Crippen LogP contribution in [0, 0.1) is 5.41 Å². The minimum absolute atomic E-state index is 0.153. The smallest absolute Gasteiger partial charge is 0.410 e. The lowest BCUT2D eigenvalue weighted by Gasteiger charge is -2.40. The Balaban J connectivity index is 2.18. The maximum atomic E-state index is 12.3. The van der Waals surface area contributed by atoms with Gasteiger partial charge in [-0.25, -0.2) is 4.79 Å². The van der Waals surface area contributed by atoms with E-state index in [0.717, 1.165) is 5.56 Å². The largest absolute Gasteiger partial charge is 0.481 e. The van der Waals surface area contributed by atoms with Crippen LogP contribution in [0.1, 0.15) is 39.2 Å². The van der Waals surface area contributed by atoms with Crippen LogP contribution in [0.15, 0.2) is 24.3 Å². The van der Waals surface area contributed by atoms with Crippen LogP contribution < -0.4 is 0 Å². The van der Waals surface area contributed by atoms with E-state index < -0.39 is 23.1 Å².